The summed E-state index contributed by atoms with van der Waals surface area (Å²) in [6, 6.07) is 12.2. The molecule has 0 bridgehead atoms. The van der Waals surface area contributed by atoms with Crippen molar-refractivity contribution in [1.82, 2.24) is 5.32 Å². The Bertz CT molecular complexity index is 491. The lowest BCUT2D eigenvalue weighted by molar-refractivity contribution is 0.185. The SMILES string of the molecule is CCNCc1ccc(-c2ccccc2COC)o1. The van der Waals surface area contributed by atoms with Crippen molar-refractivity contribution in [3.63, 3.8) is 0 Å². The Kier molecular flexibility index (Phi) is 4.56. The molecule has 2 aromatic rings. The molecule has 0 fully saturated rings. The molecule has 0 aliphatic carbocycles. The molecule has 0 saturated heterocycles. The number of rotatable bonds is 6. The number of ether oxygens (including phenoxy) is 1. The minimum Gasteiger partial charge on any atom is -0.460 e. The molecule has 0 atom stereocenters. The predicted octanol–water partition coefficient (Wildman–Crippen LogP) is 3.20. The fourth-order valence-electron chi connectivity index (χ4n) is 1.91. The minimum atomic E-state index is 0.597. The zero-order valence-electron chi connectivity index (χ0n) is 10.9. The number of hydrogen-bond acceptors (Lipinski definition) is 3. The lowest BCUT2D eigenvalue weighted by Crippen LogP contribution is -2.10. The molecule has 0 saturated carbocycles. The molecule has 0 aliphatic rings. The van der Waals surface area contributed by atoms with E-state index in [0.717, 1.165) is 35.7 Å². The van der Waals surface area contributed by atoms with Crippen molar-refractivity contribution in [3.8, 4) is 11.3 Å². The van der Waals surface area contributed by atoms with Crippen molar-refractivity contribution in [2.75, 3.05) is 13.7 Å². The number of benzene rings is 1. The van der Waals surface area contributed by atoms with Crippen LogP contribution >= 0.6 is 0 Å². The monoisotopic (exact) mass is 245 g/mol. The zero-order chi connectivity index (χ0) is 12.8. The Morgan fingerprint density at radius 3 is 2.78 bits per heavy atom. The van der Waals surface area contributed by atoms with Gasteiger partial charge in [0.25, 0.3) is 0 Å². The Hall–Kier alpha value is -1.58. The molecular weight excluding hydrogens is 226 g/mol. The zero-order valence-corrected chi connectivity index (χ0v) is 10.9. The fourth-order valence-corrected chi connectivity index (χ4v) is 1.91. The normalized spacial score (nSPS) is 10.8. The topological polar surface area (TPSA) is 34.4 Å². The van der Waals surface area contributed by atoms with Crippen LogP contribution in [0.4, 0.5) is 0 Å². The van der Waals surface area contributed by atoms with Gasteiger partial charge in [0, 0.05) is 12.7 Å². The summed E-state index contributed by atoms with van der Waals surface area (Å²) in [6.07, 6.45) is 0. The Labute approximate surface area is 108 Å². The van der Waals surface area contributed by atoms with E-state index in [9.17, 15) is 0 Å². The summed E-state index contributed by atoms with van der Waals surface area (Å²) in [6.45, 7) is 4.39. The van der Waals surface area contributed by atoms with Crippen molar-refractivity contribution in [3.05, 3.63) is 47.7 Å². The Balaban J connectivity index is 2.22. The molecule has 18 heavy (non-hydrogen) atoms. The molecule has 96 valence electrons. The molecule has 0 radical (unpaired) electrons. The molecule has 1 aromatic carbocycles. The van der Waals surface area contributed by atoms with Gasteiger partial charge in [0.15, 0.2) is 0 Å². The van der Waals surface area contributed by atoms with E-state index in [4.69, 9.17) is 9.15 Å². The smallest absolute Gasteiger partial charge is 0.134 e. The highest BCUT2D eigenvalue weighted by Crippen LogP contribution is 2.26. The van der Waals surface area contributed by atoms with Crippen LogP contribution in [0, 0.1) is 0 Å². The minimum absolute atomic E-state index is 0.597. The lowest BCUT2D eigenvalue weighted by Gasteiger charge is -2.06. The van der Waals surface area contributed by atoms with Crippen molar-refractivity contribution in [2.45, 2.75) is 20.1 Å². The van der Waals surface area contributed by atoms with E-state index < -0.39 is 0 Å². The maximum Gasteiger partial charge on any atom is 0.134 e. The van der Waals surface area contributed by atoms with E-state index in [1.165, 1.54) is 0 Å². The van der Waals surface area contributed by atoms with Crippen LogP contribution in [0.3, 0.4) is 0 Å². The summed E-state index contributed by atoms with van der Waals surface area (Å²) in [7, 11) is 1.70. The van der Waals surface area contributed by atoms with E-state index in [0.29, 0.717) is 6.61 Å². The summed E-state index contributed by atoms with van der Waals surface area (Å²) in [5.41, 5.74) is 2.24. The maximum atomic E-state index is 5.84. The summed E-state index contributed by atoms with van der Waals surface area (Å²) in [5.74, 6) is 1.86. The van der Waals surface area contributed by atoms with Crippen LogP contribution in [0.2, 0.25) is 0 Å². The van der Waals surface area contributed by atoms with Gasteiger partial charge in [-0.2, -0.15) is 0 Å². The van der Waals surface area contributed by atoms with Crippen LogP contribution in [-0.4, -0.2) is 13.7 Å². The Morgan fingerprint density at radius 2 is 2.00 bits per heavy atom. The van der Waals surface area contributed by atoms with Gasteiger partial charge in [-0.15, -0.1) is 0 Å². The first-order chi connectivity index (χ1) is 8.85. The highest BCUT2D eigenvalue weighted by atomic mass is 16.5. The van der Waals surface area contributed by atoms with Gasteiger partial charge >= 0.3 is 0 Å². The summed E-state index contributed by atoms with van der Waals surface area (Å²) >= 11 is 0. The molecule has 0 amide bonds. The second-order valence-electron chi connectivity index (χ2n) is 4.14. The number of hydrogen-bond donors (Lipinski definition) is 1. The average Bonchev–Trinajstić information content (AvgIpc) is 2.86. The second-order valence-corrected chi connectivity index (χ2v) is 4.14. The van der Waals surface area contributed by atoms with Crippen LogP contribution in [-0.2, 0) is 17.9 Å². The predicted molar refractivity (Wildman–Crippen MR) is 72.2 cm³/mol. The lowest BCUT2D eigenvalue weighted by atomic mass is 10.1. The van der Waals surface area contributed by atoms with Gasteiger partial charge < -0.3 is 14.5 Å². The van der Waals surface area contributed by atoms with E-state index in [1.807, 2.05) is 24.3 Å². The van der Waals surface area contributed by atoms with E-state index in [-0.39, 0.29) is 0 Å². The first-order valence-corrected chi connectivity index (χ1v) is 6.21. The average molecular weight is 245 g/mol. The second kappa shape index (κ2) is 6.38. The summed E-state index contributed by atoms with van der Waals surface area (Å²) in [4.78, 5) is 0. The van der Waals surface area contributed by atoms with Crippen LogP contribution in [0.5, 0.6) is 0 Å². The quantitative estimate of drug-likeness (QED) is 0.848. The van der Waals surface area contributed by atoms with Gasteiger partial charge in [-0.25, -0.2) is 0 Å². The van der Waals surface area contributed by atoms with Crippen LogP contribution in [0.1, 0.15) is 18.2 Å². The van der Waals surface area contributed by atoms with Crippen molar-refractivity contribution >= 4 is 0 Å². The molecule has 1 N–H and O–H groups in total. The third kappa shape index (κ3) is 3.00. The summed E-state index contributed by atoms with van der Waals surface area (Å²) in [5, 5.41) is 3.25. The van der Waals surface area contributed by atoms with Crippen LogP contribution in [0.15, 0.2) is 40.8 Å². The van der Waals surface area contributed by atoms with Gasteiger partial charge in [-0.05, 0) is 24.2 Å². The molecule has 3 nitrogen and oxygen atoms in total. The summed E-state index contributed by atoms with van der Waals surface area (Å²) < 4.78 is 11.0. The molecular formula is C15H19NO2. The van der Waals surface area contributed by atoms with Gasteiger partial charge in [0.1, 0.15) is 11.5 Å². The van der Waals surface area contributed by atoms with Gasteiger partial charge in [-0.1, -0.05) is 31.2 Å². The highest BCUT2D eigenvalue weighted by molar-refractivity contribution is 5.62. The Morgan fingerprint density at radius 1 is 1.17 bits per heavy atom. The third-order valence-electron chi connectivity index (χ3n) is 2.79. The van der Waals surface area contributed by atoms with Gasteiger partial charge in [0.2, 0.25) is 0 Å². The van der Waals surface area contributed by atoms with E-state index in [1.54, 1.807) is 7.11 Å². The fraction of sp³-hybridized carbons (Fsp3) is 0.333. The van der Waals surface area contributed by atoms with Crippen molar-refractivity contribution in [1.29, 1.82) is 0 Å². The van der Waals surface area contributed by atoms with Crippen LogP contribution < -0.4 is 5.32 Å². The van der Waals surface area contributed by atoms with E-state index in [2.05, 4.69) is 24.4 Å². The first kappa shape index (κ1) is 12.9. The maximum absolute atomic E-state index is 5.84. The number of methoxy groups -OCH3 is 1. The number of nitrogens with one attached hydrogen (secondary N) is 1. The molecule has 1 heterocycles. The van der Waals surface area contributed by atoms with Crippen molar-refractivity contribution in [2.24, 2.45) is 0 Å². The van der Waals surface area contributed by atoms with Crippen molar-refractivity contribution < 1.29 is 9.15 Å². The number of furan rings is 1. The third-order valence-corrected chi connectivity index (χ3v) is 2.79. The molecule has 3 heteroatoms. The molecule has 1 aromatic heterocycles. The molecule has 0 aliphatic heterocycles. The highest BCUT2D eigenvalue weighted by Gasteiger charge is 2.08. The standard InChI is InChI=1S/C15H19NO2/c1-3-16-10-13-8-9-15(18-13)14-7-5-4-6-12(14)11-17-2/h4-9,16H,3,10-11H2,1-2H3. The van der Waals surface area contributed by atoms with Gasteiger partial charge in [0.05, 0.1) is 13.2 Å². The van der Waals surface area contributed by atoms with Crippen LogP contribution in [0.25, 0.3) is 11.3 Å². The largest absolute Gasteiger partial charge is 0.460 e. The van der Waals surface area contributed by atoms with E-state index >= 15 is 0 Å². The molecule has 2 rings (SSSR count). The molecule has 0 unspecified atom stereocenters. The van der Waals surface area contributed by atoms with Gasteiger partial charge in [-0.3, -0.25) is 0 Å². The molecule has 0 spiro atoms. The first-order valence-electron chi connectivity index (χ1n) is 6.21.